The summed E-state index contributed by atoms with van der Waals surface area (Å²) in [5.41, 5.74) is 6.44. The minimum absolute atomic E-state index is 0.460. The standard InChI is InChI=1S/C27H28N2O2/c1-19-13-22-15-26(30-2)27(31-3)16-23(22)18-28(19)17-20-7-6-9-24(14-20)29-12-11-21-8-4-5-10-25(21)29/h4-12,14-16,19H,13,17-18H2,1-3H3. The first kappa shape index (κ1) is 19.7. The second kappa shape index (κ2) is 8.12. The predicted molar refractivity (Wildman–Crippen MR) is 125 cm³/mol. The summed E-state index contributed by atoms with van der Waals surface area (Å²) < 4.78 is 13.3. The Morgan fingerprint density at radius 1 is 0.871 bits per heavy atom. The first-order valence-electron chi connectivity index (χ1n) is 10.8. The predicted octanol–water partition coefficient (Wildman–Crippen LogP) is 5.59. The first-order valence-corrected chi connectivity index (χ1v) is 10.8. The van der Waals surface area contributed by atoms with Crippen molar-refractivity contribution in [3.8, 4) is 17.2 Å². The molecule has 4 heteroatoms. The van der Waals surface area contributed by atoms with Crippen molar-refractivity contribution in [3.63, 3.8) is 0 Å². The molecule has 3 aromatic carbocycles. The van der Waals surface area contributed by atoms with E-state index in [1.54, 1.807) is 14.2 Å². The Morgan fingerprint density at radius 2 is 1.65 bits per heavy atom. The van der Waals surface area contributed by atoms with Crippen LogP contribution in [0.5, 0.6) is 11.5 Å². The Morgan fingerprint density at radius 3 is 2.45 bits per heavy atom. The smallest absolute Gasteiger partial charge is 0.161 e. The van der Waals surface area contributed by atoms with Gasteiger partial charge in [-0.15, -0.1) is 0 Å². The van der Waals surface area contributed by atoms with Crippen LogP contribution in [0.25, 0.3) is 16.6 Å². The van der Waals surface area contributed by atoms with E-state index >= 15 is 0 Å². The maximum Gasteiger partial charge on any atom is 0.161 e. The van der Waals surface area contributed by atoms with Crippen molar-refractivity contribution >= 4 is 10.9 Å². The lowest BCUT2D eigenvalue weighted by Crippen LogP contribution is -2.37. The molecule has 2 heterocycles. The van der Waals surface area contributed by atoms with Crippen LogP contribution in [-0.4, -0.2) is 29.7 Å². The molecule has 0 fully saturated rings. The molecule has 1 aliphatic rings. The summed E-state index contributed by atoms with van der Waals surface area (Å²) in [6.45, 7) is 4.14. The van der Waals surface area contributed by atoms with Crippen LogP contribution in [0.15, 0.2) is 72.9 Å². The van der Waals surface area contributed by atoms with Crippen LogP contribution in [0.1, 0.15) is 23.6 Å². The SMILES string of the molecule is COc1cc2c(cc1OC)CN(Cc1cccc(-n3ccc4ccccc43)c1)C(C)C2. The zero-order valence-electron chi connectivity index (χ0n) is 18.3. The van der Waals surface area contributed by atoms with Crippen LogP contribution in [0.2, 0.25) is 0 Å². The molecule has 5 rings (SSSR count). The number of rotatable bonds is 5. The van der Waals surface area contributed by atoms with Gasteiger partial charge < -0.3 is 14.0 Å². The lowest BCUT2D eigenvalue weighted by molar-refractivity contribution is 0.174. The molecule has 0 N–H and O–H groups in total. The molecule has 1 aromatic heterocycles. The van der Waals surface area contributed by atoms with E-state index in [1.165, 1.54) is 33.3 Å². The van der Waals surface area contributed by atoms with Gasteiger partial charge in [-0.3, -0.25) is 4.90 Å². The van der Waals surface area contributed by atoms with Crippen LogP contribution in [-0.2, 0) is 19.5 Å². The number of hydrogen-bond acceptors (Lipinski definition) is 3. The Labute approximate surface area is 183 Å². The third-order valence-electron chi connectivity index (χ3n) is 6.39. The van der Waals surface area contributed by atoms with Crippen molar-refractivity contribution in [1.29, 1.82) is 0 Å². The molecule has 0 spiro atoms. The molecule has 0 saturated heterocycles. The molecule has 0 saturated carbocycles. The number of nitrogens with zero attached hydrogens (tertiary/aromatic N) is 2. The van der Waals surface area contributed by atoms with Gasteiger partial charge in [-0.2, -0.15) is 0 Å². The quantitative estimate of drug-likeness (QED) is 0.427. The highest BCUT2D eigenvalue weighted by Gasteiger charge is 2.25. The molecular weight excluding hydrogens is 384 g/mol. The maximum atomic E-state index is 5.53. The van der Waals surface area contributed by atoms with Gasteiger partial charge in [-0.05, 0) is 71.8 Å². The fraction of sp³-hybridized carbons (Fsp3) is 0.259. The topological polar surface area (TPSA) is 26.6 Å². The molecule has 31 heavy (non-hydrogen) atoms. The molecule has 0 aliphatic carbocycles. The number of benzene rings is 3. The van der Waals surface area contributed by atoms with Gasteiger partial charge in [0.1, 0.15) is 0 Å². The van der Waals surface area contributed by atoms with E-state index in [2.05, 4.69) is 89.3 Å². The average Bonchev–Trinajstić information content (AvgIpc) is 3.23. The summed E-state index contributed by atoms with van der Waals surface area (Å²) >= 11 is 0. The van der Waals surface area contributed by atoms with Gasteiger partial charge in [0.2, 0.25) is 0 Å². The minimum atomic E-state index is 0.460. The third-order valence-corrected chi connectivity index (χ3v) is 6.39. The Bertz CT molecular complexity index is 1230. The van der Waals surface area contributed by atoms with Crippen LogP contribution in [0.4, 0.5) is 0 Å². The van der Waals surface area contributed by atoms with Crippen LogP contribution >= 0.6 is 0 Å². The largest absolute Gasteiger partial charge is 0.493 e. The van der Waals surface area contributed by atoms with Gasteiger partial charge in [-0.25, -0.2) is 0 Å². The van der Waals surface area contributed by atoms with Crippen LogP contribution < -0.4 is 9.47 Å². The van der Waals surface area contributed by atoms with Crippen molar-refractivity contribution in [2.45, 2.75) is 32.5 Å². The third kappa shape index (κ3) is 3.68. The van der Waals surface area contributed by atoms with E-state index < -0.39 is 0 Å². The van der Waals surface area contributed by atoms with Gasteiger partial charge in [0.05, 0.1) is 19.7 Å². The van der Waals surface area contributed by atoms with Crippen molar-refractivity contribution < 1.29 is 9.47 Å². The summed E-state index contributed by atoms with van der Waals surface area (Å²) in [6.07, 6.45) is 3.17. The van der Waals surface area contributed by atoms with Gasteiger partial charge in [0.15, 0.2) is 11.5 Å². The van der Waals surface area contributed by atoms with E-state index in [4.69, 9.17) is 9.47 Å². The van der Waals surface area contributed by atoms with Gasteiger partial charge in [-0.1, -0.05) is 30.3 Å². The lowest BCUT2D eigenvalue weighted by atomic mass is 9.93. The summed E-state index contributed by atoms with van der Waals surface area (Å²) in [4.78, 5) is 2.54. The molecule has 4 aromatic rings. The monoisotopic (exact) mass is 412 g/mol. The second-order valence-corrected chi connectivity index (χ2v) is 8.35. The molecule has 4 nitrogen and oxygen atoms in total. The van der Waals surface area contributed by atoms with E-state index in [-0.39, 0.29) is 0 Å². The number of fused-ring (bicyclic) bond motifs is 2. The van der Waals surface area contributed by atoms with Crippen LogP contribution in [0, 0.1) is 0 Å². The average molecular weight is 413 g/mol. The zero-order chi connectivity index (χ0) is 21.4. The number of ether oxygens (including phenoxy) is 2. The molecule has 0 amide bonds. The van der Waals surface area contributed by atoms with Crippen molar-refractivity contribution in [1.82, 2.24) is 9.47 Å². The summed E-state index contributed by atoms with van der Waals surface area (Å²) in [7, 11) is 3.40. The van der Waals surface area contributed by atoms with E-state index in [9.17, 15) is 0 Å². The van der Waals surface area contributed by atoms with Gasteiger partial charge in [0, 0.05) is 31.0 Å². The van der Waals surface area contributed by atoms with E-state index in [0.717, 1.165) is 31.0 Å². The minimum Gasteiger partial charge on any atom is -0.493 e. The van der Waals surface area contributed by atoms with Gasteiger partial charge >= 0.3 is 0 Å². The zero-order valence-corrected chi connectivity index (χ0v) is 18.3. The van der Waals surface area contributed by atoms with Gasteiger partial charge in [0.25, 0.3) is 0 Å². The summed E-state index contributed by atoms with van der Waals surface area (Å²) in [5, 5.41) is 1.26. The molecule has 0 radical (unpaired) electrons. The fourth-order valence-electron chi connectivity index (χ4n) is 4.68. The van der Waals surface area contributed by atoms with E-state index in [1.807, 2.05) is 0 Å². The lowest BCUT2D eigenvalue weighted by Gasteiger charge is -2.35. The summed E-state index contributed by atoms with van der Waals surface area (Å²) in [6, 6.07) is 24.3. The molecule has 0 bridgehead atoms. The molecule has 1 unspecified atom stereocenters. The number of hydrogen-bond donors (Lipinski definition) is 0. The van der Waals surface area contributed by atoms with Crippen molar-refractivity contribution in [2.24, 2.45) is 0 Å². The van der Waals surface area contributed by atoms with Crippen molar-refractivity contribution in [3.05, 3.63) is 89.6 Å². The van der Waals surface area contributed by atoms with E-state index in [0.29, 0.717) is 6.04 Å². The Balaban J connectivity index is 1.41. The Hall–Kier alpha value is -3.24. The fourth-order valence-corrected chi connectivity index (χ4v) is 4.68. The second-order valence-electron chi connectivity index (χ2n) is 8.35. The maximum absolute atomic E-state index is 5.53. The summed E-state index contributed by atoms with van der Waals surface area (Å²) in [5.74, 6) is 1.62. The number of methoxy groups -OCH3 is 2. The Kier molecular flexibility index (Phi) is 5.16. The highest BCUT2D eigenvalue weighted by Crippen LogP contribution is 2.35. The highest BCUT2D eigenvalue weighted by atomic mass is 16.5. The molecule has 158 valence electrons. The van der Waals surface area contributed by atoms with Crippen molar-refractivity contribution in [2.75, 3.05) is 14.2 Å². The molecule has 1 aliphatic heterocycles. The van der Waals surface area contributed by atoms with Crippen LogP contribution in [0.3, 0.4) is 0 Å². The normalized spacial score (nSPS) is 16.3. The first-order chi connectivity index (χ1) is 15.2. The molecule has 1 atom stereocenters. The number of para-hydroxylation sites is 1. The number of aromatic nitrogens is 1. The highest BCUT2D eigenvalue weighted by molar-refractivity contribution is 5.81. The molecular formula is C27H28N2O2.